The molecule has 0 spiro atoms. The first-order valence-corrected chi connectivity index (χ1v) is 8.13. The van der Waals surface area contributed by atoms with Gasteiger partial charge in [0, 0.05) is 6.54 Å². The molecule has 0 unspecified atom stereocenters. The monoisotopic (exact) mass is 313 g/mol. The molecule has 7 heteroatoms. The number of aliphatic carboxylic acids is 1. The molecule has 1 fully saturated rings. The molecule has 0 bridgehead atoms. The first kappa shape index (κ1) is 15.8. The molecule has 6 nitrogen and oxygen atoms in total. The van der Waals surface area contributed by atoms with E-state index in [4.69, 9.17) is 4.74 Å². The molecule has 1 aliphatic heterocycles. The van der Waals surface area contributed by atoms with Gasteiger partial charge in [0.25, 0.3) is 0 Å². The minimum absolute atomic E-state index is 0.0590. The number of hydrogen-bond acceptors (Lipinski definition) is 4. The summed E-state index contributed by atoms with van der Waals surface area (Å²) in [6, 6.07) is 2.40. The Hall–Kier alpha value is -1.60. The van der Waals surface area contributed by atoms with E-state index in [0.717, 1.165) is 9.87 Å². The average molecular weight is 313 g/mol. The Balaban J connectivity index is 2.57. The van der Waals surface area contributed by atoms with Crippen molar-refractivity contribution in [1.82, 2.24) is 4.31 Å². The second kappa shape index (κ2) is 5.65. The number of benzene rings is 1. The molecule has 1 heterocycles. The zero-order valence-electron chi connectivity index (χ0n) is 12.3. The van der Waals surface area contributed by atoms with Gasteiger partial charge < -0.3 is 9.84 Å². The Bertz CT molecular complexity index is 668. The Morgan fingerprint density at radius 1 is 1.38 bits per heavy atom. The Morgan fingerprint density at radius 2 is 2.05 bits per heavy atom. The largest absolute Gasteiger partial charge is 0.495 e. The van der Waals surface area contributed by atoms with Crippen LogP contribution in [0.15, 0.2) is 17.0 Å². The lowest BCUT2D eigenvalue weighted by Gasteiger charge is -2.23. The van der Waals surface area contributed by atoms with Crippen LogP contribution in [0.3, 0.4) is 0 Å². The quantitative estimate of drug-likeness (QED) is 0.911. The normalized spacial score (nSPS) is 19.7. The van der Waals surface area contributed by atoms with Gasteiger partial charge in [-0.15, -0.1) is 0 Å². The number of methoxy groups -OCH3 is 1. The number of carboxylic acid groups (broad SMARTS) is 1. The summed E-state index contributed by atoms with van der Waals surface area (Å²) in [7, 11) is -2.49. The predicted molar refractivity (Wildman–Crippen MR) is 77.0 cm³/mol. The number of rotatable bonds is 4. The summed E-state index contributed by atoms with van der Waals surface area (Å²) >= 11 is 0. The number of sulfonamides is 1. The van der Waals surface area contributed by atoms with Gasteiger partial charge in [-0.05, 0) is 43.9 Å². The van der Waals surface area contributed by atoms with Gasteiger partial charge in [-0.25, -0.2) is 8.42 Å². The minimum atomic E-state index is -3.90. The lowest BCUT2D eigenvalue weighted by molar-refractivity contribution is -0.140. The molecule has 116 valence electrons. The molecule has 1 aromatic rings. The summed E-state index contributed by atoms with van der Waals surface area (Å²) in [4.78, 5) is 11.3. The van der Waals surface area contributed by atoms with E-state index in [9.17, 15) is 18.3 Å². The van der Waals surface area contributed by atoms with Crippen molar-refractivity contribution in [2.45, 2.75) is 37.6 Å². The molecule has 2 rings (SSSR count). The zero-order chi connectivity index (χ0) is 15.8. The Kier molecular flexibility index (Phi) is 4.25. The van der Waals surface area contributed by atoms with Gasteiger partial charge in [0.05, 0.1) is 7.11 Å². The van der Waals surface area contributed by atoms with Crippen LogP contribution in [0.25, 0.3) is 0 Å². The van der Waals surface area contributed by atoms with Crippen LogP contribution in [-0.4, -0.2) is 43.5 Å². The van der Waals surface area contributed by atoms with E-state index in [1.807, 2.05) is 6.92 Å². The van der Waals surface area contributed by atoms with Crippen molar-refractivity contribution in [2.75, 3.05) is 13.7 Å². The minimum Gasteiger partial charge on any atom is -0.495 e. The van der Waals surface area contributed by atoms with Gasteiger partial charge in [-0.1, -0.05) is 6.07 Å². The lowest BCUT2D eigenvalue weighted by atomic mass is 10.1. The SMILES string of the molecule is COc1cc(C)cc(C)c1S(=O)(=O)N1CCC[C@H]1C(=O)O. The molecule has 1 saturated heterocycles. The molecular weight excluding hydrogens is 294 g/mol. The van der Waals surface area contributed by atoms with Gasteiger partial charge in [0.1, 0.15) is 16.7 Å². The van der Waals surface area contributed by atoms with E-state index < -0.39 is 22.0 Å². The maximum atomic E-state index is 12.8. The number of aryl methyl sites for hydroxylation is 2. The van der Waals surface area contributed by atoms with Crippen molar-refractivity contribution >= 4 is 16.0 Å². The number of nitrogens with zero attached hydrogens (tertiary/aromatic N) is 1. The maximum absolute atomic E-state index is 12.8. The summed E-state index contributed by atoms with van der Waals surface area (Å²) < 4.78 is 31.9. The highest BCUT2D eigenvalue weighted by atomic mass is 32.2. The highest BCUT2D eigenvalue weighted by molar-refractivity contribution is 7.89. The first-order valence-electron chi connectivity index (χ1n) is 6.69. The molecule has 0 saturated carbocycles. The molecule has 1 atom stereocenters. The van der Waals surface area contributed by atoms with Crippen molar-refractivity contribution in [1.29, 1.82) is 0 Å². The second-order valence-electron chi connectivity index (χ2n) is 5.23. The van der Waals surface area contributed by atoms with E-state index in [0.29, 0.717) is 18.4 Å². The number of hydrogen-bond donors (Lipinski definition) is 1. The van der Waals surface area contributed by atoms with Crippen molar-refractivity contribution in [3.8, 4) is 5.75 Å². The first-order chi connectivity index (χ1) is 9.78. The molecule has 21 heavy (non-hydrogen) atoms. The van der Waals surface area contributed by atoms with Crippen LogP contribution in [0.4, 0.5) is 0 Å². The molecular formula is C14H19NO5S. The standard InChI is InChI=1S/C14H19NO5S/c1-9-7-10(2)13(12(8-9)20-3)21(18,19)15-6-4-5-11(15)14(16)17/h7-8,11H,4-6H2,1-3H3,(H,16,17)/t11-/m0/s1. The summed E-state index contributed by atoms with van der Waals surface area (Å²) in [6.07, 6.45) is 0.880. The van der Waals surface area contributed by atoms with E-state index >= 15 is 0 Å². The molecule has 0 aromatic heterocycles. The number of ether oxygens (including phenoxy) is 1. The van der Waals surface area contributed by atoms with Gasteiger partial charge in [-0.3, -0.25) is 4.79 Å². The van der Waals surface area contributed by atoms with E-state index in [1.54, 1.807) is 19.1 Å². The van der Waals surface area contributed by atoms with Crippen molar-refractivity contribution in [2.24, 2.45) is 0 Å². The van der Waals surface area contributed by atoms with Gasteiger partial charge in [-0.2, -0.15) is 4.31 Å². The molecule has 0 amide bonds. The van der Waals surface area contributed by atoms with Crippen molar-refractivity contribution < 1.29 is 23.1 Å². The van der Waals surface area contributed by atoms with Gasteiger partial charge in [0.15, 0.2) is 0 Å². The third kappa shape index (κ3) is 2.75. The predicted octanol–water partition coefficient (Wildman–Crippen LogP) is 1.55. The Labute approximate surface area is 124 Å². The molecule has 1 aliphatic rings. The number of carboxylic acids is 1. The highest BCUT2D eigenvalue weighted by Gasteiger charge is 2.41. The topological polar surface area (TPSA) is 83.9 Å². The molecule has 1 N–H and O–H groups in total. The Morgan fingerprint density at radius 3 is 2.62 bits per heavy atom. The summed E-state index contributed by atoms with van der Waals surface area (Å²) in [5.74, 6) is -0.858. The fraction of sp³-hybridized carbons (Fsp3) is 0.500. The van der Waals surface area contributed by atoms with Crippen molar-refractivity contribution in [3.63, 3.8) is 0 Å². The van der Waals surface area contributed by atoms with Crippen LogP contribution in [0.2, 0.25) is 0 Å². The van der Waals surface area contributed by atoms with E-state index in [1.165, 1.54) is 7.11 Å². The molecule has 1 aromatic carbocycles. The second-order valence-corrected chi connectivity index (χ2v) is 7.05. The summed E-state index contributed by atoms with van der Waals surface area (Å²) in [5, 5.41) is 9.20. The summed E-state index contributed by atoms with van der Waals surface area (Å²) in [5.41, 5.74) is 1.45. The summed E-state index contributed by atoms with van der Waals surface area (Å²) in [6.45, 7) is 3.76. The third-order valence-electron chi connectivity index (χ3n) is 3.66. The fourth-order valence-corrected chi connectivity index (χ4v) is 4.79. The molecule has 0 radical (unpaired) electrons. The number of carbonyl (C=O) groups is 1. The lowest BCUT2D eigenvalue weighted by Crippen LogP contribution is -2.40. The molecule has 0 aliphatic carbocycles. The average Bonchev–Trinajstić information content (AvgIpc) is 2.87. The zero-order valence-corrected chi connectivity index (χ0v) is 13.1. The fourth-order valence-electron chi connectivity index (χ4n) is 2.79. The van der Waals surface area contributed by atoms with Gasteiger partial charge >= 0.3 is 5.97 Å². The van der Waals surface area contributed by atoms with Crippen LogP contribution in [0, 0.1) is 13.8 Å². The third-order valence-corrected chi connectivity index (χ3v) is 5.75. The van der Waals surface area contributed by atoms with Gasteiger partial charge in [0.2, 0.25) is 10.0 Å². The van der Waals surface area contributed by atoms with Crippen LogP contribution >= 0.6 is 0 Å². The van der Waals surface area contributed by atoms with Crippen LogP contribution in [0.5, 0.6) is 5.75 Å². The smallest absolute Gasteiger partial charge is 0.322 e. The van der Waals surface area contributed by atoms with Crippen LogP contribution in [0.1, 0.15) is 24.0 Å². The maximum Gasteiger partial charge on any atom is 0.322 e. The van der Waals surface area contributed by atoms with Crippen molar-refractivity contribution in [3.05, 3.63) is 23.3 Å². The van der Waals surface area contributed by atoms with Crippen LogP contribution < -0.4 is 4.74 Å². The van der Waals surface area contributed by atoms with E-state index in [-0.39, 0.29) is 17.2 Å². The highest BCUT2D eigenvalue weighted by Crippen LogP contribution is 2.34. The van der Waals surface area contributed by atoms with E-state index in [2.05, 4.69) is 0 Å². The van der Waals surface area contributed by atoms with Crippen LogP contribution in [-0.2, 0) is 14.8 Å².